The minimum atomic E-state index is 0.00459. The number of carbonyl (C=O) groups is 1. The Kier molecular flexibility index (Phi) is 3.78. The maximum absolute atomic E-state index is 12.5. The second-order valence-corrected chi connectivity index (χ2v) is 10.0. The molecule has 0 aliphatic heterocycles. The molecule has 4 nitrogen and oxygen atoms in total. The van der Waals surface area contributed by atoms with Gasteiger partial charge in [-0.2, -0.15) is 0 Å². The van der Waals surface area contributed by atoms with Crippen LogP contribution in [-0.2, 0) is 4.79 Å². The normalized spacial score (nSPS) is 47.8. The molecule has 4 saturated carbocycles. The second-order valence-electron chi connectivity index (χ2n) is 10.0. The van der Waals surface area contributed by atoms with Crippen molar-refractivity contribution in [3.63, 3.8) is 0 Å². The molecule has 7 atom stereocenters. The lowest BCUT2D eigenvalue weighted by Gasteiger charge is -2.60. The van der Waals surface area contributed by atoms with Crippen LogP contribution in [0.15, 0.2) is 12.3 Å². The average molecular weight is 357 g/mol. The van der Waals surface area contributed by atoms with Crippen LogP contribution >= 0.6 is 0 Å². The van der Waals surface area contributed by atoms with E-state index in [0.717, 1.165) is 49.3 Å². The summed E-state index contributed by atoms with van der Waals surface area (Å²) in [7, 11) is 0. The number of carbonyl (C=O) groups excluding carboxylic acids is 1. The van der Waals surface area contributed by atoms with Crippen LogP contribution < -0.4 is 4.74 Å². The van der Waals surface area contributed by atoms with Gasteiger partial charge >= 0.3 is 0 Å². The third-order valence-electron chi connectivity index (χ3n) is 9.09. The number of hydrogen-bond donors (Lipinski definition) is 1. The lowest BCUT2D eigenvalue weighted by Crippen LogP contribution is -2.54. The third-order valence-corrected chi connectivity index (χ3v) is 9.09. The zero-order valence-corrected chi connectivity index (χ0v) is 16.2. The predicted molar refractivity (Wildman–Crippen MR) is 99.7 cm³/mol. The molecule has 0 saturated heterocycles. The number of hydrogen-bond acceptors (Lipinski definition) is 3. The van der Waals surface area contributed by atoms with Gasteiger partial charge in [-0.15, -0.1) is 5.10 Å². The van der Waals surface area contributed by atoms with Crippen molar-refractivity contribution in [3.8, 4) is 5.88 Å². The zero-order valence-electron chi connectivity index (χ0n) is 16.2. The lowest BCUT2D eigenvalue weighted by molar-refractivity contribution is -0.141. The summed E-state index contributed by atoms with van der Waals surface area (Å²) < 4.78 is 6.14. The largest absolute Gasteiger partial charge is 0.473 e. The van der Waals surface area contributed by atoms with Crippen molar-refractivity contribution in [2.45, 2.75) is 77.7 Å². The molecule has 4 aliphatic rings. The molecular formula is C22H32N2O2. The molecule has 0 amide bonds. The first-order valence-electron chi connectivity index (χ1n) is 10.7. The number of ketones is 1. The van der Waals surface area contributed by atoms with Crippen LogP contribution in [0.3, 0.4) is 0 Å². The highest BCUT2D eigenvalue weighted by Crippen LogP contribution is 2.65. The fourth-order valence-corrected chi connectivity index (χ4v) is 7.58. The standard InChI is InChI=1S/C22H32N2O2/c1-21-10-7-15(26-20-9-12-23-24-20)13-14(21)3-4-16-17-5-6-19(25)22(17,2)11-8-18(16)21/h9,12,14-18H,3-8,10-11,13H2,1-2H3,(H,23,24)/t14?,15-,16-,17-,18-,21-,22-/m0/s1. The number of aromatic amines is 1. The van der Waals surface area contributed by atoms with Crippen LogP contribution in [0.4, 0.5) is 0 Å². The fourth-order valence-electron chi connectivity index (χ4n) is 7.58. The van der Waals surface area contributed by atoms with Gasteiger partial charge in [0.05, 0.1) is 0 Å². The Morgan fingerprint density at radius 1 is 1.12 bits per heavy atom. The Bertz CT molecular complexity index is 686. The van der Waals surface area contributed by atoms with E-state index in [1.807, 2.05) is 12.3 Å². The van der Waals surface area contributed by atoms with E-state index in [1.165, 1.54) is 32.1 Å². The highest BCUT2D eigenvalue weighted by molar-refractivity contribution is 5.87. The number of Topliss-reactive ketones (excluding diaryl/α,β-unsaturated/α-hetero) is 1. The summed E-state index contributed by atoms with van der Waals surface area (Å²) >= 11 is 0. The van der Waals surface area contributed by atoms with Gasteiger partial charge in [0, 0.05) is 24.1 Å². The van der Waals surface area contributed by atoms with Crippen LogP contribution in [0, 0.1) is 34.5 Å². The minimum absolute atomic E-state index is 0.00459. The van der Waals surface area contributed by atoms with E-state index in [2.05, 4.69) is 24.0 Å². The molecule has 5 rings (SSSR count). The zero-order chi connectivity index (χ0) is 17.9. The van der Waals surface area contributed by atoms with Gasteiger partial charge in [0.2, 0.25) is 5.88 Å². The number of fused-ring (bicyclic) bond motifs is 5. The molecule has 4 fully saturated rings. The van der Waals surface area contributed by atoms with Crippen LogP contribution in [0.5, 0.6) is 5.88 Å². The number of nitrogens with zero attached hydrogens (tertiary/aromatic N) is 1. The third kappa shape index (κ3) is 2.33. The molecule has 142 valence electrons. The van der Waals surface area contributed by atoms with E-state index in [9.17, 15) is 4.79 Å². The number of nitrogens with one attached hydrogen (secondary N) is 1. The lowest BCUT2D eigenvalue weighted by atomic mass is 9.45. The maximum Gasteiger partial charge on any atom is 0.232 e. The smallest absolute Gasteiger partial charge is 0.232 e. The van der Waals surface area contributed by atoms with Crippen molar-refractivity contribution in [1.82, 2.24) is 10.2 Å². The SMILES string of the molecule is C[C@]12CC[C@H](Oc3cc[nH]n3)CC1CC[C@@H]1[C@@H]2CC[C@]2(C)C(=O)CC[C@@H]12. The first-order chi connectivity index (χ1) is 12.5. The first-order valence-corrected chi connectivity index (χ1v) is 10.7. The van der Waals surface area contributed by atoms with Gasteiger partial charge in [0.1, 0.15) is 11.9 Å². The van der Waals surface area contributed by atoms with Gasteiger partial charge in [0.15, 0.2) is 0 Å². The summed E-state index contributed by atoms with van der Waals surface area (Å²) in [5.41, 5.74) is 0.450. The summed E-state index contributed by atoms with van der Waals surface area (Å²) in [6.07, 6.45) is 12.8. The van der Waals surface area contributed by atoms with Gasteiger partial charge in [-0.3, -0.25) is 9.89 Å². The van der Waals surface area contributed by atoms with Crippen molar-refractivity contribution in [2.75, 3.05) is 0 Å². The first kappa shape index (κ1) is 16.8. The van der Waals surface area contributed by atoms with Gasteiger partial charge in [-0.1, -0.05) is 13.8 Å². The van der Waals surface area contributed by atoms with Gasteiger partial charge in [-0.05, 0) is 80.5 Å². The number of rotatable bonds is 2. The Hall–Kier alpha value is -1.32. The number of H-pyrrole nitrogens is 1. The molecule has 0 aromatic carbocycles. The predicted octanol–water partition coefficient (Wildman–Crippen LogP) is 4.77. The Balaban J connectivity index is 1.34. The molecule has 0 radical (unpaired) electrons. The second kappa shape index (κ2) is 5.84. The molecule has 1 aromatic heterocycles. The highest BCUT2D eigenvalue weighted by atomic mass is 16.5. The van der Waals surface area contributed by atoms with E-state index in [0.29, 0.717) is 23.2 Å². The molecule has 1 aromatic rings. The average Bonchev–Trinajstić information content (AvgIpc) is 3.23. The highest BCUT2D eigenvalue weighted by Gasteiger charge is 2.60. The van der Waals surface area contributed by atoms with E-state index in [-0.39, 0.29) is 5.41 Å². The maximum atomic E-state index is 12.5. The van der Waals surface area contributed by atoms with E-state index in [4.69, 9.17) is 4.74 Å². The van der Waals surface area contributed by atoms with E-state index < -0.39 is 0 Å². The quantitative estimate of drug-likeness (QED) is 0.830. The van der Waals surface area contributed by atoms with E-state index >= 15 is 0 Å². The Labute approximate surface area is 156 Å². The summed E-state index contributed by atoms with van der Waals surface area (Å²) in [4.78, 5) is 12.5. The molecule has 1 heterocycles. The molecular weight excluding hydrogens is 324 g/mol. The van der Waals surface area contributed by atoms with Crippen LogP contribution in [0.1, 0.15) is 71.6 Å². The Morgan fingerprint density at radius 3 is 2.81 bits per heavy atom. The monoisotopic (exact) mass is 356 g/mol. The molecule has 0 spiro atoms. The molecule has 4 heteroatoms. The fraction of sp³-hybridized carbons (Fsp3) is 0.818. The van der Waals surface area contributed by atoms with Crippen molar-refractivity contribution >= 4 is 5.78 Å². The van der Waals surface area contributed by atoms with Gasteiger partial charge in [-0.25, -0.2) is 0 Å². The van der Waals surface area contributed by atoms with Crippen molar-refractivity contribution in [2.24, 2.45) is 34.5 Å². The molecule has 1 unspecified atom stereocenters. The molecule has 4 aliphatic carbocycles. The van der Waals surface area contributed by atoms with Crippen LogP contribution in [-0.4, -0.2) is 22.1 Å². The summed E-state index contributed by atoms with van der Waals surface area (Å²) in [5.74, 6) is 4.32. The van der Waals surface area contributed by atoms with Crippen molar-refractivity contribution in [1.29, 1.82) is 0 Å². The van der Waals surface area contributed by atoms with Crippen molar-refractivity contribution in [3.05, 3.63) is 12.3 Å². The molecule has 1 N–H and O–H groups in total. The number of ether oxygens (including phenoxy) is 1. The van der Waals surface area contributed by atoms with Gasteiger partial charge < -0.3 is 4.74 Å². The summed E-state index contributed by atoms with van der Waals surface area (Å²) in [6, 6.07) is 1.92. The van der Waals surface area contributed by atoms with E-state index in [1.54, 1.807) is 0 Å². The Morgan fingerprint density at radius 2 is 2.00 bits per heavy atom. The minimum Gasteiger partial charge on any atom is -0.473 e. The number of aromatic nitrogens is 2. The van der Waals surface area contributed by atoms with Crippen LogP contribution in [0.25, 0.3) is 0 Å². The van der Waals surface area contributed by atoms with Gasteiger partial charge in [0.25, 0.3) is 0 Å². The summed E-state index contributed by atoms with van der Waals surface area (Å²) in [5, 5.41) is 7.02. The van der Waals surface area contributed by atoms with Crippen molar-refractivity contribution < 1.29 is 9.53 Å². The summed E-state index contributed by atoms with van der Waals surface area (Å²) in [6.45, 7) is 4.85. The van der Waals surface area contributed by atoms with Crippen LogP contribution in [0.2, 0.25) is 0 Å². The molecule has 0 bridgehead atoms. The topological polar surface area (TPSA) is 55.0 Å². The molecule has 26 heavy (non-hydrogen) atoms.